The van der Waals surface area contributed by atoms with E-state index in [1.54, 1.807) is 0 Å². The van der Waals surface area contributed by atoms with E-state index in [0.29, 0.717) is 4.32 Å². The van der Waals surface area contributed by atoms with E-state index in [-0.39, 0.29) is 0 Å². The van der Waals surface area contributed by atoms with Crippen LogP contribution in [0.15, 0.2) is 0 Å². The average molecular weight is 374 g/mol. The van der Waals surface area contributed by atoms with Crippen molar-refractivity contribution in [2.75, 3.05) is 6.54 Å². The Labute approximate surface area is 163 Å². The van der Waals surface area contributed by atoms with Crippen molar-refractivity contribution >= 4 is 29.2 Å². The van der Waals surface area contributed by atoms with Crippen LogP contribution >= 0.6 is 24.8 Å². The molecule has 0 radical (unpaired) electrons. The summed E-state index contributed by atoms with van der Waals surface area (Å²) in [5, 5.41) is 3.10. The zero-order chi connectivity index (χ0) is 17.7. The molecule has 0 unspecified atom stereocenters. The van der Waals surface area contributed by atoms with Gasteiger partial charge in [-0.2, -0.15) is 0 Å². The Hall–Kier alpha value is 0.240. The molecule has 0 heterocycles. The minimum Gasteiger partial charge on any atom is -0.371 e. The van der Waals surface area contributed by atoms with Gasteiger partial charge in [0.2, 0.25) is 0 Å². The molecule has 0 atom stereocenters. The molecule has 0 aromatic rings. The first-order valence-electron chi connectivity index (χ1n) is 10.7. The molecule has 0 spiro atoms. The van der Waals surface area contributed by atoms with Gasteiger partial charge in [0.15, 0.2) is 0 Å². The summed E-state index contributed by atoms with van der Waals surface area (Å²) in [5.74, 6) is 0. The van der Waals surface area contributed by atoms with E-state index >= 15 is 0 Å². The Balaban J connectivity index is 2.97. The summed E-state index contributed by atoms with van der Waals surface area (Å²) >= 11 is 8.92. The van der Waals surface area contributed by atoms with Gasteiger partial charge < -0.3 is 5.32 Å². The minimum atomic E-state index is 0.627. The molecule has 144 valence electrons. The molecule has 0 rings (SSSR count). The van der Waals surface area contributed by atoms with Crippen LogP contribution in [0.3, 0.4) is 0 Å². The van der Waals surface area contributed by atoms with Gasteiger partial charge in [0.05, 0.1) is 0 Å². The molecule has 0 aliphatic heterocycles. The third-order valence-electron chi connectivity index (χ3n) is 4.81. The topological polar surface area (TPSA) is 12.0 Å². The van der Waals surface area contributed by atoms with Crippen molar-refractivity contribution in [3.05, 3.63) is 0 Å². The number of unbranched alkanes of at least 4 members (excludes halogenated alkanes) is 17. The summed E-state index contributed by atoms with van der Waals surface area (Å²) in [7, 11) is 0. The fraction of sp³-hybridized carbons (Fsp3) is 0.952. The van der Waals surface area contributed by atoms with E-state index in [0.717, 1.165) is 6.54 Å². The Bertz CT molecular complexity index is 256. The van der Waals surface area contributed by atoms with Crippen LogP contribution in [0.1, 0.15) is 122 Å². The van der Waals surface area contributed by atoms with E-state index in [9.17, 15) is 0 Å². The molecule has 3 heteroatoms. The lowest BCUT2D eigenvalue weighted by Gasteiger charge is -2.04. The van der Waals surface area contributed by atoms with E-state index in [1.165, 1.54) is 116 Å². The second-order valence-corrected chi connectivity index (χ2v) is 8.40. The molecular formula is C21H43NS2. The molecule has 1 N–H and O–H groups in total. The van der Waals surface area contributed by atoms with Crippen molar-refractivity contribution in [3.8, 4) is 0 Å². The van der Waals surface area contributed by atoms with Crippen LogP contribution in [-0.4, -0.2) is 10.9 Å². The molecule has 0 aromatic carbocycles. The number of hydrogen-bond acceptors (Lipinski definition) is 1. The van der Waals surface area contributed by atoms with Gasteiger partial charge in [0.1, 0.15) is 4.32 Å². The highest BCUT2D eigenvalue weighted by atomic mass is 32.1. The maximum atomic E-state index is 4.87. The number of thiocarbonyl (C=S) groups is 1. The largest absolute Gasteiger partial charge is 0.371 e. The van der Waals surface area contributed by atoms with E-state index in [4.69, 9.17) is 12.2 Å². The zero-order valence-corrected chi connectivity index (χ0v) is 18.0. The van der Waals surface area contributed by atoms with Gasteiger partial charge in [-0.15, -0.1) is 12.6 Å². The maximum absolute atomic E-state index is 4.87. The van der Waals surface area contributed by atoms with Gasteiger partial charge in [-0.25, -0.2) is 0 Å². The molecule has 0 aliphatic rings. The molecule has 0 fully saturated rings. The molecule has 24 heavy (non-hydrogen) atoms. The highest BCUT2D eigenvalue weighted by Crippen LogP contribution is 2.14. The lowest BCUT2D eigenvalue weighted by atomic mass is 10.0. The first-order valence-corrected chi connectivity index (χ1v) is 11.6. The average Bonchev–Trinajstić information content (AvgIpc) is 2.56. The summed E-state index contributed by atoms with van der Waals surface area (Å²) in [6.45, 7) is 3.28. The summed E-state index contributed by atoms with van der Waals surface area (Å²) in [6, 6.07) is 0. The molecule has 0 aromatic heterocycles. The smallest absolute Gasteiger partial charge is 0.130 e. The van der Waals surface area contributed by atoms with Crippen LogP contribution in [0.4, 0.5) is 0 Å². The standard InChI is InChI=1S/C21H43NS2/c1-2-3-4-5-6-7-8-9-10-11-12-13-14-15-16-17-18-19-20-22-21(23)24/h2-20H2,1H3,(H2,22,23,24). The number of rotatable bonds is 19. The van der Waals surface area contributed by atoms with E-state index in [1.807, 2.05) is 0 Å². The second kappa shape index (κ2) is 21.3. The van der Waals surface area contributed by atoms with Gasteiger partial charge in [0.25, 0.3) is 0 Å². The van der Waals surface area contributed by atoms with Gasteiger partial charge in [-0.1, -0.05) is 128 Å². The maximum Gasteiger partial charge on any atom is 0.130 e. The predicted octanol–water partition coefficient (Wildman–Crippen LogP) is 7.83. The molecule has 0 saturated heterocycles. The predicted molar refractivity (Wildman–Crippen MR) is 118 cm³/mol. The van der Waals surface area contributed by atoms with Crippen molar-refractivity contribution in [1.82, 2.24) is 5.32 Å². The third-order valence-corrected chi connectivity index (χ3v) is 5.11. The quantitative estimate of drug-likeness (QED) is 0.136. The number of nitrogens with one attached hydrogen (secondary N) is 1. The van der Waals surface area contributed by atoms with Gasteiger partial charge >= 0.3 is 0 Å². The highest BCUT2D eigenvalue weighted by molar-refractivity contribution is 8.11. The Kier molecular flexibility index (Phi) is 21.5. The SMILES string of the molecule is CCCCCCCCCCCCCCCCCCCCNC(=S)S. The summed E-state index contributed by atoms with van der Waals surface area (Å²) in [4.78, 5) is 0. The lowest BCUT2D eigenvalue weighted by Crippen LogP contribution is -2.17. The Morgan fingerprint density at radius 3 is 1.17 bits per heavy atom. The molecular weight excluding hydrogens is 330 g/mol. The first-order chi connectivity index (χ1) is 11.8. The van der Waals surface area contributed by atoms with E-state index in [2.05, 4.69) is 24.9 Å². The first kappa shape index (κ1) is 24.2. The molecule has 1 nitrogen and oxygen atoms in total. The molecule has 0 aliphatic carbocycles. The molecule has 0 amide bonds. The van der Waals surface area contributed by atoms with Crippen LogP contribution < -0.4 is 5.32 Å². The van der Waals surface area contributed by atoms with Crippen molar-refractivity contribution in [3.63, 3.8) is 0 Å². The zero-order valence-electron chi connectivity index (χ0n) is 16.3. The lowest BCUT2D eigenvalue weighted by molar-refractivity contribution is 0.525. The van der Waals surface area contributed by atoms with Crippen LogP contribution in [0.25, 0.3) is 0 Å². The third kappa shape index (κ3) is 22.2. The second-order valence-electron chi connectivity index (χ2n) is 7.24. The van der Waals surface area contributed by atoms with Gasteiger partial charge in [-0.3, -0.25) is 0 Å². The number of hydrogen-bond donors (Lipinski definition) is 2. The van der Waals surface area contributed by atoms with E-state index < -0.39 is 0 Å². The van der Waals surface area contributed by atoms with Gasteiger partial charge in [0, 0.05) is 6.54 Å². The van der Waals surface area contributed by atoms with Gasteiger partial charge in [-0.05, 0) is 6.42 Å². The van der Waals surface area contributed by atoms with Crippen molar-refractivity contribution in [2.45, 2.75) is 122 Å². The number of thiol groups is 1. The van der Waals surface area contributed by atoms with Crippen molar-refractivity contribution in [1.29, 1.82) is 0 Å². The fourth-order valence-electron chi connectivity index (χ4n) is 3.22. The molecule has 0 bridgehead atoms. The van der Waals surface area contributed by atoms with Crippen molar-refractivity contribution < 1.29 is 0 Å². The highest BCUT2D eigenvalue weighted by Gasteiger charge is 1.95. The normalized spacial score (nSPS) is 10.9. The monoisotopic (exact) mass is 373 g/mol. The summed E-state index contributed by atoms with van der Waals surface area (Å²) in [6.07, 6.45) is 25.6. The molecule has 0 saturated carbocycles. The van der Waals surface area contributed by atoms with Crippen LogP contribution in [0.5, 0.6) is 0 Å². The summed E-state index contributed by atoms with van der Waals surface area (Å²) < 4.78 is 0.627. The van der Waals surface area contributed by atoms with Crippen LogP contribution in [0, 0.1) is 0 Å². The van der Waals surface area contributed by atoms with Crippen LogP contribution in [0.2, 0.25) is 0 Å². The van der Waals surface area contributed by atoms with Crippen molar-refractivity contribution in [2.24, 2.45) is 0 Å². The fourth-order valence-corrected chi connectivity index (χ4v) is 3.44. The minimum absolute atomic E-state index is 0.627. The summed E-state index contributed by atoms with van der Waals surface area (Å²) in [5.41, 5.74) is 0. The van der Waals surface area contributed by atoms with Crippen LogP contribution in [-0.2, 0) is 0 Å². The Morgan fingerprint density at radius 1 is 0.583 bits per heavy atom. The Morgan fingerprint density at radius 2 is 0.875 bits per heavy atom.